The van der Waals surface area contributed by atoms with Crippen molar-refractivity contribution in [3.8, 4) is 11.8 Å². The van der Waals surface area contributed by atoms with Crippen LogP contribution in [0.15, 0.2) is 36.5 Å². The summed E-state index contributed by atoms with van der Waals surface area (Å²) in [5.41, 5.74) is 0.438. The van der Waals surface area contributed by atoms with E-state index in [-0.39, 0.29) is 18.9 Å². The fourth-order valence-electron chi connectivity index (χ4n) is 1.60. The number of aromatic nitrogens is 1. The van der Waals surface area contributed by atoms with Gasteiger partial charge in [-0.05, 0) is 24.3 Å². The molecule has 22 heavy (non-hydrogen) atoms. The van der Waals surface area contributed by atoms with E-state index in [1.807, 2.05) is 6.07 Å². The van der Waals surface area contributed by atoms with Gasteiger partial charge in [0.05, 0.1) is 5.56 Å². The summed E-state index contributed by atoms with van der Waals surface area (Å²) in [7, 11) is 0. The van der Waals surface area contributed by atoms with E-state index in [9.17, 15) is 13.9 Å². The Balaban J connectivity index is 1.78. The van der Waals surface area contributed by atoms with Gasteiger partial charge in [0.1, 0.15) is 30.3 Å². The molecule has 0 fully saturated rings. The second kappa shape index (κ2) is 7.33. The molecule has 0 unspecified atom stereocenters. The Kier molecular flexibility index (Phi) is 5.22. The lowest BCUT2D eigenvalue weighted by Crippen LogP contribution is -2.26. The molecule has 1 aromatic heterocycles. The Bertz CT molecular complexity index is 671. The average molecular weight is 305 g/mol. The first-order chi connectivity index (χ1) is 10.6. The standard InChI is InChI=1S/C15H13F2N3O2/c16-13-3-2-12(5-14(13)17)22-9-11(21)8-20-15-4-1-10(6-18)7-19-15/h1-5,7,11,21H,8-9H2,(H,19,20)/t11-/m1/s1. The lowest BCUT2D eigenvalue weighted by atomic mass is 10.3. The SMILES string of the molecule is N#Cc1ccc(NC[C@@H](O)COc2ccc(F)c(F)c2)nc1. The van der Waals surface area contributed by atoms with E-state index in [0.29, 0.717) is 11.4 Å². The molecule has 0 aliphatic carbocycles. The van der Waals surface area contributed by atoms with Crippen molar-refractivity contribution in [3.63, 3.8) is 0 Å². The van der Waals surface area contributed by atoms with Gasteiger partial charge in [0.15, 0.2) is 11.6 Å². The van der Waals surface area contributed by atoms with Crippen molar-refractivity contribution in [1.82, 2.24) is 4.98 Å². The summed E-state index contributed by atoms with van der Waals surface area (Å²) in [4.78, 5) is 3.98. The third-order valence-corrected chi connectivity index (χ3v) is 2.74. The molecule has 0 spiro atoms. The largest absolute Gasteiger partial charge is 0.491 e. The molecule has 5 nitrogen and oxygen atoms in total. The van der Waals surface area contributed by atoms with E-state index < -0.39 is 17.7 Å². The summed E-state index contributed by atoms with van der Waals surface area (Å²) < 4.78 is 30.9. The van der Waals surface area contributed by atoms with Crippen molar-refractivity contribution >= 4 is 5.82 Å². The molecule has 114 valence electrons. The minimum absolute atomic E-state index is 0.0889. The van der Waals surface area contributed by atoms with Gasteiger partial charge in [-0.2, -0.15) is 5.26 Å². The average Bonchev–Trinajstić information content (AvgIpc) is 2.54. The van der Waals surface area contributed by atoms with Gasteiger partial charge in [-0.25, -0.2) is 13.8 Å². The highest BCUT2D eigenvalue weighted by Gasteiger charge is 2.08. The van der Waals surface area contributed by atoms with E-state index in [2.05, 4.69) is 10.3 Å². The zero-order valence-electron chi connectivity index (χ0n) is 11.5. The van der Waals surface area contributed by atoms with Crippen molar-refractivity contribution < 1.29 is 18.6 Å². The molecule has 0 aliphatic heterocycles. The number of pyridine rings is 1. The molecule has 0 bridgehead atoms. The number of aliphatic hydroxyl groups is 1. The number of hydrogen-bond donors (Lipinski definition) is 2. The summed E-state index contributed by atoms with van der Waals surface area (Å²) >= 11 is 0. The van der Waals surface area contributed by atoms with Gasteiger partial charge in [-0.3, -0.25) is 0 Å². The Labute approximate surface area is 125 Å². The van der Waals surface area contributed by atoms with Crippen LogP contribution >= 0.6 is 0 Å². The molecule has 0 amide bonds. The molecule has 1 heterocycles. The molecule has 2 N–H and O–H groups in total. The molecule has 0 saturated carbocycles. The van der Waals surface area contributed by atoms with Crippen LogP contribution in [0.25, 0.3) is 0 Å². The molecule has 0 aliphatic rings. The van der Waals surface area contributed by atoms with Crippen LogP contribution in [0, 0.1) is 23.0 Å². The molecule has 0 radical (unpaired) electrons. The molecule has 2 rings (SSSR count). The number of rotatable bonds is 6. The van der Waals surface area contributed by atoms with E-state index in [4.69, 9.17) is 10.00 Å². The second-order valence-electron chi connectivity index (χ2n) is 4.47. The van der Waals surface area contributed by atoms with Gasteiger partial charge >= 0.3 is 0 Å². The predicted octanol–water partition coefficient (Wildman–Crippen LogP) is 2.08. The maximum Gasteiger partial charge on any atom is 0.162 e. The van der Waals surface area contributed by atoms with Crippen LogP contribution in [0.2, 0.25) is 0 Å². The molecule has 2 aromatic rings. The molecule has 1 atom stereocenters. The van der Waals surface area contributed by atoms with E-state index in [1.165, 1.54) is 12.3 Å². The number of nitrogens with zero attached hydrogens (tertiary/aromatic N) is 2. The van der Waals surface area contributed by atoms with Crippen molar-refractivity contribution in [1.29, 1.82) is 5.26 Å². The number of anilines is 1. The van der Waals surface area contributed by atoms with Crippen LogP contribution < -0.4 is 10.1 Å². The highest BCUT2D eigenvalue weighted by molar-refractivity contribution is 5.38. The minimum Gasteiger partial charge on any atom is -0.491 e. The summed E-state index contributed by atoms with van der Waals surface area (Å²) in [6.07, 6.45) is 0.539. The van der Waals surface area contributed by atoms with Gasteiger partial charge in [0.25, 0.3) is 0 Å². The number of nitriles is 1. The monoisotopic (exact) mass is 305 g/mol. The van der Waals surface area contributed by atoms with Crippen molar-refractivity contribution in [3.05, 3.63) is 53.7 Å². The normalized spacial score (nSPS) is 11.5. The number of hydrogen-bond acceptors (Lipinski definition) is 5. The topological polar surface area (TPSA) is 78.2 Å². The van der Waals surface area contributed by atoms with Crippen molar-refractivity contribution in [2.24, 2.45) is 0 Å². The molecule has 0 saturated heterocycles. The third kappa shape index (κ3) is 4.40. The van der Waals surface area contributed by atoms with Gasteiger partial charge in [0, 0.05) is 18.8 Å². The van der Waals surface area contributed by atoms with E-state index in [0.717, 1.165) is 12.1 Å². The maximum absolute atomic E-state index is 13.0. The van der Waals surface area contributed by atoms with Gasteiger partial charge < -0.3 is 15.2 Å². The Hall–Kier alpha value is -2.72. The number of ether oxygens (including phenoxy) is 1. The number of benzene rings is 1. The van der Waals surface area contributed by atoms with Gasteiger partial charge in [-0.1, -0.05) is 0 Å². The van der Waals surface area contributed by atoms with Crippen LogP contribution in [0.3, 0.4) is 0 Å². The third-order valence-electron chi connectivity index (χ3n) is 2.74. The lowest BCUT2D eigenvalue weighted by molar-refractivity contribution is 0.117. The first kappa shape index (κ1) is 15.7. The number of aliphatic hydroxyl groups excluding tert-OH is 1. The molecular formula is C15H13F2N3O2. The maximum atomic E-state index is 13.0. The van der Waals surface area contributed by atoms with Crippen LogP contribution in [-0.4, -0.2) is 29.3 Å². The lowest BCUT2D eigenvalue weighted by Gasteiger charge is -2.13. The summed E-state index contributed by atoms with van der Waals surface area (Å²) in [6, 6.07) is 8.31. The van der Waals surface area contributed by atoms with Crippen LogP contribution in [0.1, 0.15) is 5.56 Å². The fourth-order valence-corrected chi connectivity index (χ4v) is 1.60. The first-order valence-electron chi connectivity index (χ1n) is 6.44. The quantitative estimate of drug-likeness (QED) is 0.854. The first-order valence-corrected chi connectivity index (χ1v) is 6.44. The van der Waals surface area contributed by atoms with Crippen molar-refractivity contribution in [2.45, 2.75) is 6.10 Å². The highest BCUT2D eigenvalue weighted by Crippen LogP contribution is 2.15. The second-order valence-corrected chi connectivity index (χ2v) is 4.47. The Morgan fingerprint density at radius 3 is 2.73 bits per heavy atom. The Morgan fingerprint density at radius 1 is 1.27 bits per heavy atom. The van der Waals surface area contributed by atoms with Gasteiger partial charge in [0.2, 0.25) is 0 Å². The summed E-state index contributed by atoms with van der Waals surface area (Å²) in [5.74, 6) is -1.33. The number of halogens is 2. The van der Waals surface area contributed by atoms with E-state index in [1.54, 1.807) is 12.1 Å². The smallest absolute Gasteiger partial charge is 0.162 e. The zero-order chi connectivity index (χ0) is 15.9. The van der Waals surface area contributed by atoms with Crippen LogP contribution in [0.5, 0.6) is 5.75 Å². The van der Waals surface area contributed by atoms with Crippen molar-refractivity contribution in [2.75, 3.05) is 18.5 Å². The summed E-state index contributed by atoms with van der Waals surface area (Å²) in [5, 5.41) is 21.3. The predicted molar refractivity (Wildman–Crippen MR) is 75.3 cm³/mol. The molecule has 7 heteroatoms. The number of nitrogens with one attached hydrogen (secondary N) is 1. The fraction of sp³-hybridized carbons (Fsp3) is 0.200. The van der Waals surface area contributed by atoms with Crippen LogP contribution in [0.4, 0.5) is 14.6 Å². The highest BCUT2D eigenvalue weighted by atomic mass is 19.2. The summed E-state index contributed by atoms with van der Waals surface area (Å²) in [6.45, 7) is 0.0664. The molecule has 1 aromatic carbocycles. The Morgan fingerprint density at radius 2 is 2.09 bits per heavy atom. The zero-order valence-corrected chi connectivity index (χ0v) is 11.5. The van der Waals surface area contributed by atoms with E-state index >= 15 is 0 Å². The van der Waals surface area contributed by atoms with Gasteiger partial charge in [-0.15, -0.1) is 0 Å². The minimum atomic E-state index is -1.01. The molecular weight excluding hydrogens is 292 g/mol. The van der Waals surface area contributed by atoms with Crippen LogP contribution in [-0.2, 0) is 0 Å².